The van der Waals surface area contributed by atoms with Crippen molar-refractivity contribution in [3.63, 3.8) is 0 Å². The van der Waals surface area contributed by atoms with Crippen LogP contribution < -0.4 is 0 Å². The molecule has 2 fully saturated rings. The van der Waals surface area contributed by atoms with Gasteiger partial charge in [-0.25, -0.2) is 0 Å². The van der Waals surface area contributed by atoms with Crippen LogP contribution in [0.15, 0.2) is 30.3 Å². The predicted octanol–water partition coefficient (Wildman–Crippen LogP) is 1.91. The molecule has 2 aliphatic heterocycles. The van der Waals surface area contributed by atoms with Gasteiger partial charge >= 0.3 is 0 Å². The van der Waals surface area contributed by atoms with Crippen LogP contribution in [0.1, 0.15) is 18.0 Å². The summed E-state index contributed by atoms with van der Waals surface area (Å²) in [5.41, 5.74) is 1.11. The highest BCUT2D eigenvalue weighted by Crippen LogP contribution is 2.22. The van der Waals surface area contributed by atoms with Gasteiger partial charge in [0.1, 0.15) is 6.04 Å². The van der Waals surface area contributed by atoms with Crippen LogP contribution >= 0.6 is 0 Å². The molecule has 3 rings (SSSR count). The minimum atomic E-state index is -0.108. The summed E-state index contributed by atoms with van der Waals surface area (Å²) < 4.78 is 5.45. The van der Waals surface area contributed by atoms with Crippen molar-refractivity contribution in [1.82, 2.24) is 9.80 Å². The Labute approximate surface area is 126 Å². The van der Waals surface area contributed by atoms with Crippen LogP contribution in [-0.2, 0) is 4.74 Å². The lowest BCUT2D eigenvalue weighted by Gasteiger charge is -2.37. The number of hydrogen-bond donors (Lipinski definition) is 0. The Hall–Kier alpha value is -1.41. The van der Waals surface area contributed by atoms with E-state index in [1.54, 1.807) is 0 Å². The second kappa shape index (κ2) is 7.04. The van der Waals surface area contributed by atoms with Crippen LogP contribution in [0.3, 0.4) is 0 Å². The van der Waals surface area contributed by atoms with Crippen molar-refractivity contribution < 1.29 is 4.74 Å². The molecule has 2 aliphatic rings. The lowest BCUT2D eigenvalue weighted by atomic mass is 10.0. The maximum Gasteiger partial charge on any atom is 0.123 e. The summed E-state index contributed by atoms with van der Waals surface area (Å²) in [6, 6.07) is 12.5. The highest BCUT2D eigenvalue weighted by molar-refractivity contribution is 5.24. The molecule has 1 aromatic carbocycles. The lowest BCUT2D eigenvalue weighted by molar-refractivity contribution is 0.0969. The Kier molecular flexibility index (Phi) is 4.87. The van der Waals surface area contributed by atoms with Crippen molar-refractivity contribution >= 4 is 0 Å². The molecule has 21 heavy (non-hydrogen) atoms. The molecule has 0 aromatic heterocycles. The second-order valence-electron chi connectivity index (χ2n) is 6.01. The van der Waals surface area contributed by atoms with E-state index in [4.69, 9.17) is 4.74 Å². The molecule has 2 heterocycles. The Morgan fingerprint density at radius 2 is 1.95 bits per heavy atom. The summed E-state index contributed by atoms with van der Waals surface area (Å²) in [7, 11) is 0. The van der Waals surface area contributed by atoms with E-state index < -0.39 is 0 Å². The standard InChI is InChI=1S/C17H23N3O/c18-12-17(16-4-2-1-3-5-16)20-9-7-19(8-10-20)13-15-6-11-21-14-15/h1-5,15,17H,6-11,13-14H2. The van der Waals surface area contributed by atoms with Crippen molar-refractivity contribution in [1.29, 1.82) is 5.26 Å². The van der Waals surface area contributed by atoms with E-state index in [-0.39, 0.29) is 6.04 Å². The molecular weight excluding hydrogens is 262 g/mol. The fourth-order valence-corrected chi connectivity index (χ4v) is 3.30. The largest absolute Gasteiger partial charge is 0.381 e. The van der Waals surface area contributed by atoms with E-state index in [0.717, 1.165) is 51.5 Å². The molecule has 0 saturated carbocycles. The van der Waals surface area contributed by atoms with Crippen molar-refractivity contribution in [2.45, 2.75) is 12.5 Å². The zero-order valence-electron chi connectivity index (χ0n) is 12.4. The van der Waals surface area contributed by atoms with Crippen molar-refractivity contribution in [2.75, 3.05) is 45.9 Å². The molecule has 112 valence electrons. The fourth-order valence-electron chi connectivity index (χ4n) is 3.30. The molecule has 4 nitrogen and oxygen atoms in total. The third-order valence-electron chi connectivity index (χ3n) is 4.55. The predicted molar refractivity (Wildman–Crippen MR) is 81.7 cm³/mol. The number of hydrogen-bond acceptors (Lipinski definition) is 4. The molecule has 0 spiro atoms. The molecule has 2 saturated heterocycles. The molecule has 2 unspecified atom stereocenters. The smallest absolute Gasteiger partial charge is 0.123 e. The van der Waals surface area contributed by atoms with Crippen molar-refractivity contribution in [3.8, 4) is 6.07 Å². The number of piperazine rings is 1. The van der Waals surface area contributed by atoms with Crippen LogP contribution in [0.4, 0.5) is 0 Å². The van der Waals surface area contributed by atoms with Gasteiger partial charge in [0, 0.05) is 39.3 Å². The number of rotatable bonds is 4. The summed E-state index contributed by atoms with van der Waals surface area (Å²) in [6.45, 7) is 7.06. The minimum Gasteiger partial charge on any atom is -0.381 e. The molecule has 4 heteroatoms. The van der Waals surface area contributed by atoms with E-state index in [2.05, 4.69) is 28.0 Å². The summed E-state index contributed by atoms with van der Waals surface area (Å²) in [4.78, 5) is 4.83. The first-order valence-electron chi connectivity index (χ1n) is 7.85. The topological polar surface area (TPSA) is 39.5 Å². The zero-order chi connectivity index (χ0) is 14.5. The molecular formula is C17H23N3O. The van der Waals surface area contributed by atoms with Gasteiger partial charge in [-0.1, -0.05) is 30.3 Å². The SMILES string of the molecule is N#CC(c1ccccc1)N1CCN(CC2CCOC2)CC1. The number of benzene rings is 1. The highest BCUT2D eigenvalue weighted by Gasteiger charge is 2.26. The molecule has 1 aromatic rings. The van der Waals surface area contributed by atoms with Crippen LogP contribution in [0.25, 0.3) is 0 Å². The van der Waals surface area contributed by atoms with Crippen LogP contribution in [0, 0.1) is 17.2 Å². The summed E-state index contributed by atoms with van der Waals surface area (Å²) in [5, 5.41) is 9.51. The van der Waals surface area contributed by atoms with Gasteiger partial charge in [-0.05, 0) is 17.9 Å². The molecule has 0 aliphatic carbocycles. The Bertz CT molecular complexity index is 471. The molecule has 0 radical (unpaired) electrons. The van der Waals surface area contributed by atoms with Gasteiger partial charge in [-0.2, -0.15) is 5.26 Å². The average molecular weight is 285 g/mol. The quantitative estimate of drug-likeness (QED) is 0.847. The average Bonchev–Trinajstić information content (AvgIpc) is 3.04. The second-order valence-corrected chi connectivity index (χ2v) is 6.01. The number of nitriles is 1. The maximum absolute atomic E-state index is 9.51. The van der Waals surface area contributed by atoms with Gasteiger partial charge < -0.3 is 9.64 Å². The summed E-state index contributed by atoms with van der Waals surface area (Å²) in [6.07, 6.45) is 1.20. The van der Waals surface area contributed by atoms with E-state index in [1.807, 2.05) is 18.2 Å². The first kappa shape index (κ1) is 14.5. The molecule has 0 N–H and O–H groups in total. The fraction of sp³-hybridized carbons (Fsp3) is 0.588. The third-order valence-corrected chi connectivity index (χ3v) is 4.55. The molecule has 0 bridgehead atoms. The number of nitrogens with zero attached hydrogens (tertiary/aromatic N) is 3. The van der Waals surface area contributed by atoms with Gasteiger partial charge in [0.2, 0.25) is 0 Å². The van der Waals surface area contributed by atoms with E-state index in [1.165, 1.54) is 6.42 Å². The molecule has 0 amide bonds. The van der Waals surface area contributed by atoms with Gasteiger partial charge in [0.25, 0.3) is 0 Å². The monoisotopic (exact) mass is 285 g/mol. The zero-order valence-corrected chi connectivity index (χ0v) is 12.4. The van der Waals surface area contributed by atoms with E-state index in [0.29, 0.717) is 5.92 Å². The molecule has 2 atom stereocenters. The van der Waals surface area contributed by atoms with Gasteiger partial charge in [0.05, 0.1) is 12.7 Å². The van der Waals surface area contributed by atoms with Crippen LogP contribution in [0.2, 0.25) is 0 Å². The Morgan fingerprint density at radius 3 is 2.57 bits per heavy atom. The Morgan fingerprint density at radius 1 is 1.19 bits per heavy atom. The van der Waals surface area contributed by atoms with Gasteiger partial charge in [-0.15, -0.1) is 0 Å². The summed E-state index contributed by atoms with van der Waals surface area (Å²) >= 11 is 0. The first-order chi connectivity index (χ1) is 10.4. The van der Waals surface area contributed by atoms with Crippen molar-refractivity contribution in [3.05, 3.63) is 35.9 Å². The first-order valence-corrected chi connectivity index (χ1v) is 7.85. The highest BCUT2D eigenvalue weighted by atomic mass is 16.5. The maximum atomic E-state index is 9.51. The minimum absolute atomic E-state index is 0.108. The van der Waals surface area contributed by atoms with E-state index >= 15 is 0 Å². The lowest BCUT2D eigenvalue weighted by Crippen LogP contribution is -2.48. The van der Waals surface area contributed by atoms with Gasteiger partial charge in [0.15, 0.2) is 0 Å². The van der Waals surface area contributed by atoms with Crippen molar-refractivity contribution in [2.24, 2.45) is 5.92 Å². The normalized spacial score (nSPS) is 25.6. The Balaban J connectivity index is 1.53. The van der Waals surface area contributed by atoms with Crippen LogP contribution in [-0.4, -0.2) is 55.7 Å². The summed E-state index contributed by atoms with van der Waals surface area (Å²) in [5.74, 6) is 0.706. The van der Waals surface area contributed by atoms with Gasteiger partial charge in [-0.3, -0.25) is 4.90 Å². The third kappa shape index (κ3) is 3.62. The van der Waals surface area contributed by atoms with E-state index in [9.17, 15) is 5.26 Å². The number of ether oxygens (including phenoxy) is 1. The van der Waals surface area contributed by atoms with Crippen LogP contribution in [0.5, 0.6) is 0 Å².